The predicted octanol–water partition coefficient (Wildman–Crippen LogP) is 3.82. The summed E-state index contributed by atoms with van der Waals surface area (Å²) in [6.45, 7) is 15.3. The second-order valence-electron chi connectivity index (χ2n) is 5.16. The van der Waals surface area contributed by atoms with Gasteiger partial charge in [0.25, 0.3) is 0 Å². The molecular formula is C12H28O2Si. The minimum atomic E-state index is -1.64. The van der Waals surface area contributed by atoms with Crippen LogP contribution in [0.1, 0.15) is 41.5 Å². The molecule has 0 radical (unpaired) electrons. The van der Waals surface area contributed by atoms with E-state index in [0.29, 0.717) is 23.2 Å². The predicted molar refractivity (Wildman–Crippen MR) is 68.9 cm³/mol. The molecular weight excluding hydrogens is 204 g/mol. The Bertz CT molecular complexity index is 145. The van der Waals surface area contributed by atoms with Crippen LogP contribution in [0.25, 0.3) is 0 Å². The Hall–Kier alpha value is 0.137. The van der Waals surface area contributed by atoms with Crippen molar-refractivity contribution in [2.24, 2.45) is 0 Å². The summed E-state index contributed by atoms with van der Waals surface area (Å²) in [6, 6.07) is 0. The monoisotopic (exact) mass is 232 g/mol. The van der Waals surface area contributed by atoms with Crippen LogP contribution in [-0.2, 0) is 9.16 Å². The van der Waals surface area contributed by atoms with Crippen LogP contribution in [0.2, 0.25) is 16.6 Å². The van der Waals surface area contributed by atoms with Gasteiger partial charge in [-0.3, -0.25) is 0 Å². The lowest BCUT2D eigenvalue weighted by atomic mass is 10.5. The molecule has 0 amide bonds. The Labute approximate surface area is 96.5 Å². The third-order valence-corrected chi connectivity index (χ3v) is 9.46. The van der Waals surface area contributed by atoms with Crippen molar-refractivity contribution in [2.45, 2.75) is 58.2 Å². The quantitative estimate of drug-likeness (QED) is 0.491. The maximum absolute atomic E-state index is 6.27. The van der Waals surface area contributed by atoms with Crippen molar-refractivity contribution in [3.63, 3.8) is 0 Å². The van der Waals surface area contributed by atoms with Crippen LogP contribution in [0.15, 0.2) is 0 Å². The Morgan fingerprint density at radius 2 is 1.20 bits per heavy atom. The van der Waals surface area contributed by atoms with E-state index in [2.05, 4.69) is 41.5 Å². The van der Waals surface area contributed by atoms with Crippen molar-refractivity contribution in [2.75, 3.05) is 20.3 Å². The van der Waals surface area contributed by atoms with E-state index in [0.717, 1.165) is 6.61 Å². The number of rotatable bonds is 7. The average Bonchev–Trinajstić information content (AvgIpc) is 2.10. The highest BCUT2D eigenvalue weighted by Gasteiger charge is 2.44. The maximum Gasteiger partial charge on any atom is 0.200 e. The number of ether oxygens (including phenoxy) is 1. The van der Waals surface area contributed by atoms with Gasteiger partial charge in [-0.05, 0) is 16.6 Å². The molecule has 3 heteroatoms. The fraction of sp³-hybridized carbons (Fsp3) is 1.00. The first-order chi connectivity index (χ1) is 6.89. The van der Waals surface area contributed by atoms with E-state index in [4.69, 9.17) is 9.16 Å². The molecule has 0 aromatic carbocycles. The molecule has 0 fully saturated rings. The first-order valence-corrected chi connectivity index (χ1v) is 8.16. The fourth-order valence-corrected chi connectivity index (χ4v) is 8.24. The summed E-state index contributed by atoms with van der Waals surface area (Å²) < 4.78 is 11.3. The van der Waals surface area contributed by atoms with Crippen molar-refractivity contribution >= 4 is 8.32 Å². The van der Waals surface area contributed by atoms with E-state index in [1.54, 1.807) is 7.11 Å². The van der Waals surface area contributed by atoms with Crippen LogP contribution in [0.4, 0.5) is 0 Å². The van der Waals surface area contributed by atoms with Crippen molar-refractivity contribution in [3.8, 4) is 0 Å². The summed E-state index contributed by atoms with van der Waals surface area (Å²) in [5.41, 5.74) is 1.98. The van der Waals surface area contributed by atoms with Crippen LogP contribution in [0.5, 0.6) is 0 Å². The lowest BCUT2D eigenvalue weighted by molar-refractivity contribution is 0.136. The first-order valence-electron chi connectivity index (χ1n) is 6.02. The molecule has 15 heavy (non-hydrogen) atoms. The fourth-order valence-electron chi connectivity index (χ4n) is 2.80. The highest BCUT2D eigenvalue weighted by atomic mass is 28.4. The van der Waals surface area contributed by atoms with Crippen molar-refractivity contribution < 1.29 is 9.16 Å². The summed E-state index contributed by atoms with van der Waals surface area (Å²) in [6.07, 6.45) is 0. The van der Waals surface area contributed by atoms with E-state index >= 15 is 0 Å². The highest BCUT2D eigenvalue weighted by Crippen LogP contribution is 2.41. The van der Waals surface area contributed by atoms with Crippen molar-refractivity contribution in [1.29, 1.82) is 0 Å². The van der Waals surface area contributed by atoms with Gasteiger partial charge >= 0.3 is 0 Å². The Balaban J connectivity index is 4.65. The van der Waals surface area contributed by atoms with Gasteiger partial charge < -0.3 is 9.16 Å². The van der Waals surface area contributed by atoms with Crippen LogP contribution in [-0.4, -0.2) is 28.6 Å². The number of hydrogen-bond donors (Lipinski definition) is 0. The third kappa shape index (κ3) is 3.57. The molecule has 2 nitrogen and oxygen atoms in total. The third-order valence-electron chi connectivity index (χ3n) is 3.35. The molecule has 0 spiro atoms. The minimum absolute atomic E-state index is 0.661. The van der Waals surface area contributed by atoms with Gasteiger partial charge in [0, 0.05) is 7.11 Å². The molecule has 0 aromatic rings. The molecule has 0 saturated heterocycles. The lowest BCUT2D eigenvalue weighted by Gasteiger charge is -2.42. The van der Waals surface area contributed by atoms with Crippen LogP contribution in [0.3, 0.4) is 0 Å². The molecule has 0 bridgehead atoms. The molecule has 0 saturated carbocycles. The van der Waals surface area contributed by atoms with Gasteiger partial charge in [-0.25, -0.2) is 0 Å². The standard InChI is InChI=1S/C12H28O2Si/c1-10(2)15(11(3)4,12(5)6)14-9-8-13-7/h10-12H,8-9H2,1-7H3. The number of hydrogen-bond acceptors (Lipinski definition) is 2. The summed E-state index contributed by atoms with van der Waals surface area (Å²) >= 11 is 0. The van der Waals surface area contributed by atoms with Gasteiger partial charge in [-0.1, -0.05) is 41.5 Å². The molecule has 0 aliphatic carbocycles. The zero-order chi connectivity index (χ0) is 12.1. The second-order valence-corrected chi connectivity index (χ2v) is 10.6. The first kappa shape index (κ1) is 15.1. The molecule has 0 aliphatic heterocycles. The largest absolute Gasteiger partial charge is 0.414 e. The van der Waals surface area contributed by atoms with Gasteiger partial charge in [0.2, 0.25) is 0 Å². The molecule has 0 unspecified atom stereocenters. The van der Waals surface area contributed by atoms with Crippen molar-refractivity contribution in [1.82, 2.24) is 0 Å². The SMILES string of the molecule is COCCO[Si](C(C)C)(C(C)C)C(C)C. The van der Waals surface area contributed by atoms with E-state index < -0.39 is 8.32 Å². The smallest absolute Gasteiger partial charge is 0.200 e. The summed E-state index contributed by atoms with van der Waals surface area (Å²) in [7, 11) is 0.0841. The summed E-state index contributed by atoms with van der Waals surface area (Å²) in [4.78, 5) is 0. The summed E-state index contributed by atoms with van der Waals surface area (Å²) in [5.74, 6) is 0. The molecule has 0 heterocycles. The Morgan fingerprint density at radius 3 is 1.47 bits per heavy atom. The maximum atomic E-state index is 6.27. The zero-order valence-corrected chi connectivity index (χ0v) is 12.5. The molecule has 0 N–H and O–H groups in total. The molecule has 92 valence electrons. The Morgan fingerprint density at radius 1 is 0.800 bits per heavy atom. The topological polar surface area (TPSA) is 18.5 Å². The zero-order valence-electron chi connectivity index (χ0n) is 11.5. The molecule has 0 rings (SSSR count). The highest BCUT2D eigenvalue weighted by molar-refractivity contribution is 6.77. The number of methoxy groups -OCH3 is 1. The Kier molecular flexibility index (Phi) is 6.72. The van der Waals surface area contributed by atoms with Gasteiger partial charge in [-0.2, -0.15) is 0 Å². The molecule has 0 atom stereocenters. The van der Waals surface area contributed by atoms with Gasteiger partial charge in [0.05, 0.1) is 13.2 Å². The van der Waals surface area contributed by atoms with Crippen molar-refractivity contribution in [3.05, 3.63) is 0 Å². The molecule has 0 aliphatic rings. The average molecular weight is 232 g/mol. The van der Waals surface area contributed by atoms with E-state index in [1.165, 1.54) is 0 Å². The second kappa shape index (κ2) is 6.66. The van der Waals surface area contributed by atoms with Crippen LogP contribution in [0, 0.1) is 0 Å². The van der Waals surface area contributed by atoms with Gasteiger partial charge in [0.1, 0.15) is 0 Å². The van der Waals surface area contributed by atoms with E-state index in [-0.39, 0.29) is 0 Å². The van der Waals surface area contributed by atoms with E-state index in [9.17, 15) is 0 Å². The van der Waals surface area contributed by atoms with Gasteiger partial charge in [-0.15, -0.1) is 0 Å². The van der Waals surface area contributed by atoms with E-state index in [1.807, 2.05) is 0 Å². The normalized spacial score (nSPS) is 13.2. The lowest BCUT2D eigenvalue weighted by Crippen LogP contribution is -2.48. The molecule has 0 aromatic heterocycles. The summed E-state index contributed by atoms with van der Waals surface area (Å²) in [5, 5.41) is 0. The minimum Gasteiger partial charge on any atom is -0.414 e. The van der Waals surface area contributed by atoms with Crippen LogP contribution >= 0.6 is 0 Å². The van der Waals surface area contributed by atoms with Gasteiger partial charge in [0.15, 0.2) is 8.32 Å². The van der Waals surface area contributed by atoms with Crippen LogP contribution < -0.4 is 0 Å².